The highest BCUT2D eigenvalue weighted by Gasteiger charge is 2.42. The highest BCUT2D eigenvalue weighted by molar-refractivity contribution is 7.13. The van der Waals surface area contributed by atoms with E-state index >= 15 is 0 Å². The maximum Gasteiger partial charge on any atom is 0.203 e. The number of nitrogens with zero attached hydrogens (tertiary/aromatic N) is 2. The number of anilines is 1. The van der Waals surface area contributed by atoms with Crippen molar-refractivity contribution in [1.82, 2.24) is 4.98 Å². The van der Waals surface area contributed by atoms with E-state index in [0.717, 1.165) is 23.7 Å². The van der Waals surface area contributed by atoms with E-state index in [1.807, 2.05) is 0 Å². The summed E-state index contributed by atoms with van der Waals surface area (Å²) in [5.41, 5.74) is 6.18. The molecule has 0 saturated heterocycles. The summed E-state index contributed by atoms with van der Waals surface area (Å²) >= 11 is 1.53. The van der Waals surface area contributed by atoms with Crippen LogP contribution >= 0.6 is 11.3 Å². The van der Waals surface area contributed by atoms with Crippen molar-refractivity contribution >= 4 is 22.7 Å². The maximum absolute atomic E-state index is 9.76. The smallest absolute Gasteiger partial charge is 0.203 e. The molecule has 0 amide bonds. The van der Waals surface area contributed by atoms with Crippen LogP contribution in [0.3, 0.4) is 0 Å². The quantitative estimate of drug-likeness (QED) is 0.438. The van der Waals surface area contributed by atoms with Crippen LogP contribution in [0, 0.1) is 0 Å². The molecular weight excluding hydrogens is 358 g/mol. The van der Waals surface area contributed by atoms with Crippen LogP contribution in [-0.4, -0.2) is 21.4 Å². The third kappa shape index (κ3) is 3.66. The first-order valence-corrected chi connectivity index (χ1v) is 9.73. The molecule has 6 heteroatoms. The topological polar surface area (TPSA) is 77.7 Å². The van der Waals surface area contributed by atoms with Crippen LogP contribution in [0.1, 0.15) is 42.5 Å². The fourth-order valence-electron chi connectivity index (χ4n) is 3.64. The summed E-state index contributed by atoms with van der Waals surface area (Å²) in [6.45, 7) is 2.32. The number of hydrogen-bond acceptors (Lipinski definition) is 6. The average molecular weight is 379 g/mol. The lowest BCUT2D eigenvalue weighted by molar-refractivity contribution is 0.222. The third-order valence-corrected chi connectivity index (χ3v) is 5.95. The number of hydrogen-bond donors (Lipinski definition) is 3. The zero-order valence-electron chi connectivity index (χ0n) is 15.0. The second kappa shape index (κ2) is 7.04. The van der Waals surface area contributed by atoms with Gasteiger partial charge in [-0.25, -0.2) is 4.98 Å². The molecule has 1 aromatic heterocycles. The summed E-state index contributed by atoms with van der Waals surface area (Å²) < 4.78 is 0. The second-order valence-corrected chi connectivity index (χ2v) is 8.08. The molecule has 1 fully saturated rings. The number of benzene rings is 2. The minimum Gasteiger partial charge on any atom is -0.508 e. The van der Waals surface area contributed by atoms with Crippen molar-refractivity contribution in [1.29, 1.82) is 0 Å². The molecule has 1 aliphatic rings. The summed E-state index contributed by atoms with van der Waals surface area (Å²) in [6.07, 6.45) is 3.71. The van der Waals surface area contributed by atoms with E-state index in [1.165, 1.54) is 35.2 Å². The maximum atomic E-state index is 9.76. The number of thiazole rings is 1. The van der Waals surface area contributed by atoms with Crippen molar-refractivity contribution in [2.45, 2.75) is 31.1 Å². The van der Waals surface area contributed by atoms with Gasteiger partial charge in [0.05, 0.1) is 11.9 Å². The number of phenols is 2. The Kier molecular flexibility index (Phi) is 4.58. The molecule has 0 spiro atoms. The van der Waals surface area contributed by atoms with Crippen LogP contribution in [0.2, 0.25) is 0 Å². The molecule has 3 aromatic rings. The fraction of sp³-hybridized carbons (Fsp3) is 0.238. The Morgan fingerprint density at radius 3 is 2.70 bits per heavy atom. The lowest BCUT2D eigenvalue weighted by atomic mass is 9.59. The standard InChI is InChI=1S/C21H21N3O2S/c1-21(16-5-3-2-4-6-16)10-15(11-21)18-13-27-20(23-18)24-22-12-14-7-8-17(25)9-19(14)26/h2-9,12-13,15,25-26H,10-11H2,1H3,(H,23,24)/b22-12+. The Morgan fingerprint density at radius 2 is 1.96 bits per heavy atom. The fourth-order valence-corrected chi connectivity index (χ4v) is 4.38. The number of hydrazone groups is 1. The molecule has 0 radical (unpaired) electrons. The largest absolute Gasteiger partial charge is 0.508 e. The van der Waals surface area contributed by atoms with Crippen LogP contribution < -0.4 is 5.43 Å². The Morgan fingerprint density at radius 1 is 1.19 bits per heavy atom. The van der Waals surface area contributed by atoms with E-state index < -0.39 is 0 Å². The predicted molar refractivity (Wildman–Crippen MR) is 109 cm³/mol. The number of aromatic nitrogens is 1. The minimum absolute atomic E-state index is 0.0185. The Bertz CT molecular complexity index is 963. The van der Waals surface area contributed by atoms with Gasteiger partial charge in [0.15, 0.2) is 0 Å². The molecular formula is C21H21N3O2S. The summed E-state index contributed by atoms with van der Waals surface area (Å²) in [5, 5.41) is 26.0. The number of phenolic OH excluding ortho intramolecular Hbond substituents is 2. The first kappa shape index (κ1) is 17.5. The average Bonchev–Trinajstić information content (AvgIpc) is 3.10. The van der Waals surface area contributed by atoms with Gasteiger partial charge in [-0.15, -0.1) is 11.3 Å². The van der Waals surface area contributed by atoms with E-state index in [2.05, 4.69) is 58.1 Å². The molecule has 3 N–H and O–H groups in total. The first-order chi connectivity index (χ1) is 13.0. The molecule has 27 heavy (non-hydrogen) atoms. The lowest BCUT2D eigenvalue weighted by Crippen LogP contribution is -2.37. The van der Waals surface area contributed by atoms with Gasteiger partial charge in [0.1, 0.15) is 11.5 Å². The van der Waals surface area contributed by atoms with Crippen LogP contribution in [-0.2, 0) is 5.41 Å². The molecule has 1 saturated carbocycles. The van der Waals surface area contributed by atoms with E-state index in [9.17, 15) is 10.2 Å². The number of rotatable bonds is 5. The molecule has 5 nitrogen and oxygen atoms in total. The molecule has 1 aliphatic carbocycles. The van der Waals surface area contributed by atoms with Crippen molar-refractivity contribution in [3.8, 4) is 11.5 Å². The van der Waals surface area contributed by atoms with Gasteiger partial charge < -0.3 is 10.2 Å². The lowest BCUT2D eigenvalue weighted by Gasteiger charge is -2.45. The van der Waals surface area contributed by atoms with Crippen molar-refractivity contribution in [3.05, 3.63) is 70.7 Å². The Hall–Kier alpha value is -2.86. The van der Waals surface area contributed by atoms with Gasteiger partial charge in [-0.1, -0.05) is 37.3 Å². The number of nitrogens with one attached hydrogen (secondary N) is 1. The van der Waals surface area contributed by atoms with Crippen LogP contribution in [0.5, 0.6) is 11.5 Å². The van der Waals surface area contributed by atoms with E-state index in [-0.39, 0.29) is 16.9 Å². The van der Waals surface area contributed by atoms with Gasteiger partial charge >= 0.3 is 0 Å². The summed E-state index contributed by atoms with van der Waals surface area (Å²) in [5.74, 6) is 0.479. The van der Waals surface area contributed by atoms with Gasteiger partial charge in [-0.05, 0) is 36.0 Å². The molecule has 0 atom stereocenters. The van der Waals surface area contributed by atoms with Crippen molar-refractivity contribution in [2.75, 3.05) is 5.43 Å². The van der Waals surface area contributed by atoms with Crippen molar-refractivity contribution in [3.63, 3.8) is 0 Å². The molecule has 0 aliphatic heterocycles. The van der Waals surface area contributed by atoms with Crippen molar-refractivity contribution in [2.24, 2.45) is 5.10 Å². The Balaban J connectivity index is 1.36. The van der Waals surface area contributed by atoms with Crippen LogP contribution in [0.25, 0.3) is 0 Å². The summed E-state index contributed by atoms with van der Waals surface area (Å²) in [4.78, 5) is 4.65. The molecule has 2 aromatic carbocycles. The first-order valence-electron chi connectivity index (χ1n) is 8.85. The van der Waals surface area contributed by atoms with Gasteiger partial charge in [0.25, 0.3) is 0 Å². The van der Waals surface area contributed by atoms with E-state index in [0.29, 0.717) is 11.5 Å². The monoisotopic (exact) mass is 379 g/mol. The van der Waals surface area contributed by atoms with Crippen molar-refractivity contribution < 1.29 is 10.2 Å². The van der Waals surface area contributed by atoms with Gasteiger partial charge in [-0.2, -0.15) is 5.10 Å². The van der Waals surface area contributed by atoms with E-state index in [1.54, 1.807) is 6.07 Å². The SMILES string of the molecule is CC1(c2ccccc2)CC(c2csc(N/N=C/c3ccc(O)cc3O)n2)C1. The Labute approximate surface area is 162 Å². The molecule has 4 rings (SSSR count). The molecule has 138 valence electrons. The zero-order valence-corrected chi connectivity index (χ0v) is 15.8. The zero-order chi connectivity index (χ0) is 18.9. The molecule has 0 bridgehead atoms. The third-order valence-electron chi connectivity index (χ3n) is 5.18. The highest BCUT2D eigenvalue weighted by atomic mass is 32.1. The van der Waals surface area contributed by atoms with Crippen LogP contribution in [0.4, 0.5) is 5.13 Å². The normalized spacial score (nSPS) is 21.9. The van der Waals surface area contributed by atoms with Gasteiger partial charge in [0.2, 0.25) is 5.13 Å². The van der Waals surface area contributed by atoms with Crippen LogP contribution in [0.15, 0.2) is 59.0 Å². The van der Waals surface area contributed by atoms with E-state index in [4.69, 9.17) is 0 Å². The predicted octanol–water partition coefficient (Wildman–Crippen LogP) is 4.84. The highest BCUT2D eigenvalue weighted by Crippen LogP contribution is 2.52. The molecule has 0 unspecified atom stereocenters. The van der Waals surface area contributed by atoms with Gasteiger partial charge in [0, 0.05) is 22.9 Å². The minimum atomic E-state index is -0.0185. The number of aromatic hydroxyl groups is 2. The molecule has 1 heterocycles. The second-order valence-electron chi connectivity index (χ2n) is 7.22. The summed E-state index contributed by atoms with van der Waals surface area (Å²) in [7, 11) is 0. The summed E-state index contributed by atoms with van der Waals surface area (Å²) in [6, 6.07) is 15.1. The van der Waals surface area contributed by atoms with Gasteiger partial charge in [-0.3, -0.25) is 5.43 Å².